The molecule has 0 amide bonds. The van der Waals surface area contributed by atoms with Gasteiger partial charge in [0.05, 0.1) is 6.54 Å². The number of hydrogen-bond acceptors (Lipinski definition) is 14. The second kappa shape index (κ2) is 27.0. The summed E-state index contributed by atoms with van der Waals surface area (Å²) in [6, 6.07) is 11.0. The summed E-state index contributed by atoms with van der Waals surface area (Å²) in [6.45, 7) is 7.13. The summed E-state index contributed by atoms with van der Waals surface area (Å²) in [5, 5.41) is 39.9. The summed E-state index contributed by atoms with van der Waals surface area (Å²) in [7, 11) is 5.37. The van der Waals surface area contributed by atoms with Gasteiger partial charge in [0.2, 0.25) is 6.19 Å². The van der Waals surface area contributed by atoms with Gasteiger partial charge in [-0.15, -0.1) is 11.3 Å². The number of amidine groups is 2. The molecule has 0 radical (unpaired) electrons. The Morgan fingerprint density at radius 2 is 1.46 bits per heavy atom. The van der Waals surface area contributed by atoms with Gasteiger partial charge in [0.1, 0.15) is 45.0 Å². The van der Waals surface area contributed by atoms with E-state index in [1.165, 1.54) is 16.9 Å². The van der Waals surface area contributed by atoms with Crippen molar-refractivity contribution in [2.45, 2.75) is 33.1 Å². The van der Waals surface area contributed by atoms with E-state index >= 15 is 0 Å². The van der Waals surface area contributed by atoms with E-state index in [2.05, 4.69) is 50.3 Å². The van der Waals surface area contributed by atoms with Crippen molar-refractivity contribution in [1.29, 1.82) is 5.26 Å². The molecule has 3 aliphatic rings. The van der Waals surface area contributed by atoms with Crippen LogP contribution < -0.4 is 5.32 Å². The Balaban J connectivity index is 0.000000190. The summed E-state index contributed by atoms with van der Waals surface area (Å²) < 4.78 is 5.72. The van der Waals surface area contributed by atoms with E-state index in [-0.39, 0.29) is 25.4 Å². The van der Waals surface area contributed by atoms with Crippen LogP contribution in [0.1, 0.15) is 28.5 Å². The number of aliphatic imine (C=N–C) groups is 2. The number of nitro groups is 2. The summed E-state index contributed by atoms with van der Waals surface area (Å²) in [5.74, 6) is 2.33. The fourth-order valence-corrected chi connectivity index (χ4v) is 7.93. The third kappa shape index (κ3) is 18.4. The van der Waals surface area contributed by atoms with Crippen molar-refractivity contribution in [3.63, 3.8) is 0 Å². The number of nitrogens with zero attached hydrogens (tertiary/aromatic N) is 16. The Bertz CT molecular complexity index is 2340. The highest BCUT2D eigenvalue weighted by molar-refractivity contribution is 8.14. The van der Waals surface area contributed by atoms with Gasteiger partial charge < -0.3 is 34.6 Å². The summed E-state index contributed by atoms with van der Waals surface area (Å²) in [4.78, 5) is 54.6. The molecule has 0 saturated carbocycles. The van der Waals surface area contributed by atoms with Crippen molar-refractivity contribution in [3.05, 3.63) is 123 Å². The lowest BCUT2D eigenvalue weighted by atomic mass is 10.3. The van der Waals surface area contributed by atoms with E-state index in [4.69, 9.17) is 56.4 Å². The van der Waals surface area contributed by atoms with Crippen LogP contribution in [0.5, 0.6) is 0 Å². The van der Waals surface area contributed by atoms with Gasteiger partial charge in [-0.2, -0.15) is 10.3 Å². The Morgan fingerprint density at radius 1 is 0.862 bits per heavy atom. The average molecular weight is 1010 g/mol. The molecule has 0 atom stereocenters. The van der Waals surface area contributed by atoms with Crippen LogP contribution in [0.15, 0.2) is 81.4 Å². The van der Waals surface area contributed by atoms with Crippen molar-refractivity contribution in [2.75, 3.05) is 60.0 Å². The number of thiazole rings is 1. The Labute approximate surface area is 402 Å². The Morgan fingerprint density at radius 3 is 1.98 bits per heavy atom. The normalized spacial score (nSPS) is 16.5. The van der Waals surface area contributed by atoms with Crippen LogP contribution in [0.25, 0.3) is 0 Å². The van der Waals surface area contributed by atoms with Crippen LogP contribution in [-0.2, 0) is 30.9 Å². The van der Waals surface area contributed by atoms with Crippen LogP contribution >= 0.6 is 69.5 Å². The predicted octanol–water partition coefficient (Wildman–Crippen LogP) is 6.05. The van der Waals surface area contributed by atoms with E-state index in [0.29, 0.717) is 58.5 Å². The minimum Gasteiger partial charge on any atom is -0.358 e. The zero-order valence-electron chi connectivity index (χ0n) is 35.4. The topological polar surface area (TPSA) is 249 Å². The number of hydrogen-bond donors (Lipinski definition) is 1. The molecule has 0 aromatic carbocycles. The van der Waals surface area contributed by atoms with Crippen LogP contribution in [0.2, 0.25) is 19.9 Å². The van der Waals surface area contributed by atoms with Crippen molar-refractivity contribution in [2.24, 2.45) is 20.2 Å². The van der Waals surface area contributed by atoms with Gasteiger partial charge in [0, 0.05) is 95.8 Å². The number of halogens is 4. The second-order valence-electron chi connectivity index (χ2n) is 13.4. The highest BCUT2D eigenvalue weighted by atomic mass is 35.5. The van der Waals surface area contributed by atoms with Crippen molar-refractivity contribution < 1.29 is 14.8 Å². The van der Waals surface area contributed by atoms with E-state index in [0.717, 1.165) is 40.0 Å². The number of guanidine groups is 2. The first kappa shape index (κ1) is 51.9. The molecule has 7 heterocycles. The maximum atomic E-state index is 10.5. The number of hydrazone groups is 2. The molecule has 7 rings (SSSR count). The molecular weight excluding hydrogens is 968 g/mol. The van der Waals surface area contributed by atoms with Crippen molar-refractivity contribution >= 4 is 92.4 Å². The summed E-state index contributed by atoms with van der Waals surface area (Å²) in [6.07, 6.45) is 8.55. The minimum absolute atomic E-state index is 0.243. The first-order valence-electron chi connectivity index (χ1n) is 19.0. The second-order valence-corrected chi connectivity index (χ2v) is 17.4. The summed E-state index contributed by atoms with van der Waals surface area (Å²) >= 11 is 25.9. The third-order valence-electron chi connectivity index (χ3n) is 8.69. The van der Waals surface area contributed by atoms with E-state index in [1.807, 2.05) is 49.5 Å². The molecule has 3 saturated heterocycles. The fourth-order valence-electron chi connectivity index (χ4n) is 5.64. The molecular formula is C37H43Cl4N17O5S2. The lowest BCUT2D eigenvalue weighted by Crippen LogP contribution is -2.49. The highest BCUT2D eigenvalue weighted by Crippen LogP contribution is 2.22. The third-order valence-corrected chi connectivity index (χ3v) is 11.5. The van der Waals surface area contributed by atoms with Gasteiger partial charge in [-0.05, 0) is 41.8 Å². The van der Waals surface area contributed by atoms with Gasteiger partial charge in [-0.1, -0.05) is 76.4 Å². The van der Waals surface area contributed by atoms with Crippen molar-refractivity contribution in [3.8, 4) is 6.19 Å². The highest BCUT2D eigenvalue weighted by Gasteiger charge is 2.26. The first-order valence-corrected chi connectivity index (χ1v) is 22.3. The quantitative estimate of drug-likeness (QED) is 0.0474. The van der Waals surface area contributed by atoms with E-state index in [1.54, 1.807) is 77.3 Å². The van der Waals surface area contributed by atoms with E-state index in [9.17, 15) is 20.2 Å². The molecule has 0 spiro atoms. The number of thioether (sulfide) groups is 1. The number of pyridine rings is 3. The predicted molar refractivity (Wildman–Crippen MR) is 253 cm³/mol. The number of nitriles is 1. The van der Waals surface area contributed by atoms with Gasteiger partial charge >= 0.3 is 0 Å². The van der Waals surface area contributed by atoms with Gasteiger partial charge in [0.15, 0.2) is 19.7 Å². The smallest absolute Gasteiger partial charge is 0.277 e. The first-order chi connectivity index (χ1) is 31.1. The largest absolute Gasteiger partial charge is 0.358 e. The standard InChI is InChI=1S/C10H11ClN4.C10H12ClN3S.C9H10ClN5O2.C8H10ClN5O3S/c1-8(14-7-12)15(2)6-9-3-4-10(11)13-5-9;1-12-10-14(4-5-15-10)7-8-2-3-9(11)13-6-8;10-8-2-1-7(5-12-8)6-14-4-3-11-9(14)13-15(16)17;1-12-4-17-5-13(8(12)11-14(15)16)3-6-2-10-7(9)18-6/h3-5H,6H2,1-2H3;2-3,6H,4-5,7H2,1H3;1-2,5H,3-4,6H2,(H,11,13);2H,3-5H2,1H3/b;;;11-8+. The summed E-state index contributed by atoms with van der Waals surface area (Å²) in [5.41, 5.74) is 3.12. The number of ether oxygens (including phenoxy) is 1. The molecule has 0 unspecified atom stereocenters. The van der Waals surface area contributed by atoms with Gasteiger partial charge in [-0.3, -0.25) is 4.99 Å². The number of aromatic nitrogens is 4. The molecule has 28 heteroatoms. The number of nitrogens with one attached hydrogen (secondary N) is 1. The molecule has 3 aliphatic heterocycles. The maximum absolute atomic E-state index is 10.5. The molecule has 0 aliphatic carbocycles. The molecule has 4 aromatic rings. The SMILES string of the molecule is CC(=NC#N)N(C)Cc1ccc(Cl)nc1.CN1COCN(Cc2cnc(Cl)s2)/C1=N/[N+](=O)[O-].CN=C1SCCN1Cc1ccc(Cl)nc1.O=[N+]([O-])/N=C1\NCCN1Cc1ccc(Cl)nc1. The molecule has 22 nitrogen and oxygen atoms in total. The molecule has 65 heavy (non-hydrogen) atoms. The monoisotopic (exact) mass is 1010 g/mol. The van der Waals surface area contributed by atoms with Crippen molar-refractivity contribution in [1.82, 2.24) is 49.8 Å². The van der Waals surface area contributed by atoms with Crippen LogP contribution in [0.4, 0.5) is 0 Å². The lowest BCUT2D eigenvalue weighted by Gasteiger charge is -2.34. The molecule has 4 aromatic heterocycles. The Kier molecular flexibility index (Phi) is 21.5. The van der Waals surface area contributed by atoms with Crippen LogP contribution in [-0.4, -0.2) is 137 Å². The fraction of sp³-hybridized carbons (Fsp3) is 0.378. The molecule has 0 bridgehead atoms. The maximum Gasteiger partial charge on any atom is 0.277 e. The van der Waals surface area contributed by atoms with Gasteiger partial charge in [0.25, 0.3) is 11.9 Å². The molecule has 346 valence electrons. The minimum atomic E-state index is -0.718. The van der Waals surface area contributed by atoms with Crippen LogP contribution in [0.3, 0.4) is 0 Å². The zero-order valence-corrected chi connectivity index (χ0v) is 40.0. The number of rotatable bonds is 10. The van der Waals surface area contributed by atoms with Gasteiger partial charge in [-0.25, -0.2) is 40.2 Å². The molecule has 1 N–H and O–H groups in total. The lowest BCUT2D eigenvalue weighted by molar-refractivity contribution is -0.486. The van der Waals surface area contributed by atoms with Crippen LogP contribution in [0, 0.1) is 31.7 Å². The molecule has 3 fully saturated rings. The Hall–Kier alpha value is -5.68. The van der Waals surface area contributed by atoms with E-state index < -0.39 is 10.1 Å². The average Bonchev–Trinajstić information content (AvgIpc) is 4.03. The zero-order chi connectivity index (χ0) is 47.3.